The van der Waals surface area contributed by atoms with Gasteiger partial charge >= 0.3 is 24.0 Å². The van der Waals surface area contributed by atoms with Crippen LogP contribution in [0.1, 0.15) is 59.3 Å². The van der Waals surface area contributed by atoms with E-state index in [0.29, 0.717) is 18.8 Å². The molecule has 0 aromatic carbocycles. The highest BCUT2D eigenvalue weighted by Gasteiger charge is 2.74. The summed E-state index contributed by atoms with van der Waals surface area (Å²) in [6.45, 7) is 4.02. The van der Waals surface area contributed by atoms with Crippen molar-refractivity contribution in [3.05, 3.63) is 0 Å². The lowest BCUT2D eigenvalue weighted by Crippen LogP contribution is -2.64. The lowest BCUT2D eigenvalue weighted by molar-refractivity contribution is -0.351. The highest BCUT2D eigenvalue weighted by Crippen LogP contribution is 2.62. The molecule has 0 aliphatic heterocycles. The fraction of sp³-hybridized carbons (Fsp3) is 0.950. The monoisotopic (exact) mass is 448 g/mol. The first kappa shape index (κ1) is 23.6. The Kier molecular flexibility index (Phi) is 5.48. The fourth-order valence-electron chi connectivity index (χ4n) is 6.33. The summed E-state index contributed by atoms with van der Waals surface area (Å²) in [4.78, 5) is 12.7. The number of rotatable bonds is 5. The zero-order valence-corrected chi connectivity index (χ0v) is 17.0. The smallest absolute Gasteiger partial charge is 0.431 e. The van der Waals surface area contributed by atoms with E-state index in [1.54, 1.807) is 13.8 Å². The van der Waals surface area contributed by atoms with Crippen molar-refractivity contribution in [2.24, 2.45) is 29.6 Å². The van der Waals surface area contributed by atoms with Gasteiger partial charge in [-0.05, 0) is 68.6 Å². The van der Waals surface area contributed by atoms with Gasteiger partial charge in [-0.15, -0.1) is 0 Å². The van der Waals surface area contributed by atoms with Gasteiger partial charge in [-0.3, -0.25) is 0 Å². The summed E-state index contributed by atoms with van der Waals surface area (Å²) >= 11 is 0. The molecule has 0 aromatic rings. The fourth-order valence-corrected chi connectivity index (χ4v) is 6.33. The number of ether oxygens (including phenoxy) is 1. The number of halogens is 7. The molecule has 0 aromatic heterocycles. The molecule has 4 rings (SSSR count). The number of esters is 1. The molecule has 4 saturated carbocycles. The van der Waals surface area contributed by atoms with Crippen LogP contribution in [0.25, 0.3) is 0 Å². The summed E-state index contributed by atoms with van der Waals surface area (Å²) in [5.41, 5.74) is -10.1. The standard InChI is InChI=1S/C20H27F7O3/c1-10(2)18(13-5-11-4-12(7-13)8-14(18)6-11)30-15(28)16(3,29)9-17(21,19(22,23)24)20(25,26)27/h10-14,29H,4-9H2,1-3H3. The number of carbonyl (C=O) groups excluding carboxylic acids is 1. The molecule has 174 valence electrons. The summed E-state index contributed by atoms with van der Waals surface area (Å²) in [6.07, 6.45) is -11.1. The van der Waals surface area contributed by atoms with Gasteiger partial charge in [0.15, 0.2) is 5.60 Å². The second-order valence-electron chi connectivity index (χ2n) is 9.95. The van der Waals surface area contributed by atoms with Crippen LogP contribution in [0.2, 0.25) is 0 Å². The van der Waals surface area contributed by atoms with Crippen molar-refractivity contribution in [2.45, 2.75) is 88.5 Å². The summed E-state index contributed by atoms with van der Waals surface area (Å²) < 4.78 is 97.4. The van der Waals surface area contributed by atoms with Gasteiger partial charge in [0.25, 0.3) is 0 Å². The Hall–Kier alpha value is -1.06. The zero-order chi connectivity index (χ0) is 22.9. The molecule has 1 unspecified atom stereocenters. The normalized spacial score (nSPS) is 36.1. The van der Waals surface area contributed by atoms with E-state index in [-0.39, 0.29) is 17.8 Å². The molecular weight excluding hydrogens is 421 g/mol. The average Bonchev–Trinajstić information content (AvgIpc) is 2.54. The van der Waals surface area contributed by atoms with Crippen LogP contribution in [0.5, 0.6) is 0 Å². The Balaban J connectivity index is 1.88. The van der Waals surface area contributed by atoms with E-state index in [9.17, 15) is 40.6 Å². The number of alkyl halides is 7. The van der Waals surface area contributed by atoms with E-state index in [1.807, 2.05) is 0 Å². The quantitative estimate of drug-likeness (QED) is 0.455. The van der Waals surface area contributed by atoms with Gasteiger partial charge in [-0.2, -0.15) is 26.3 Å². The number of aliphatic hydroxyl groups is 1. The first-order valence-corrected chi connectivity index (χ1v) is 10.2. The van der Waals surface area contributed by atoms with Crippen molar-refractivity contribution in [3.8, 4) is 0 Å². The molecule has 10 heteroatoms. The molecule has 0 amide bonds. The lowest BCUT2D eigenvalue weighted by Gasteiger charge is -2.62. The van der Waals surface area contributed by atoms with Crippen molar-refractivity contribution >= 4 is 5.97 Å². The number of carbonyl (C=O) groups is 1. The molecular formula is C20H27F7O3. The van der Waals surface area contributed by atoms with Gasteiger partial charge in [0.05, 0.1) is 0 Å². The Bertz CT molecular complexity index is 639. The second-order valence-corrected chi connectivity index (χ2v) is 9.95. The Labute approximate surface area is 170 Å². The highest BCUT2D eigenvalue weighted by molar-refractivity contribution is 5.79. The van der Waals surface area contributed by atoms with E-state index in [2.05, 4.69) is 0 Å². The van der Waals surface area contributed by atoms with Crippen LogP contribution in [0.15, 0.2) is 0 Å². The minimum Gasteiger partial charge on any atom is -0.456 e. The minimum atomic E-state index is -6.35. The second kappa shape index (κ2) is 6.97. The van der Waals surface area contributed by atoms with Crippen LogP contribution in [0, 0.1) is 29.6 Å². The van der Waals surface area contributed by atoms with Gasteiger partial charge in [0, 0.05) is 6.42 Å². The molecule has 4 fully saturated rings. The van der Waals surface area contributed by atoms with Crippen LogP contribution in [0.3, 0.4) is 0 Å². The van der Waals surface area contributed by atoms with Crippen LogP contribution < -0.4 is 0 Å². The van der Waals surface area contributed by atoms with Crippen molar-refractivity contribution < 1.29 is 45.4 Å². The van der Waals surface area contributed by atoms with Crippen molar-refractivity contribution in [2.75, 3.05) is 0 Å². The Morgan fingerprint density at radius 2 is 1.33 bits per heavy atom. The minimum absolute atomic E-state index is 0.0751. The van der Waals surface area contributed by atoms with E-state index in [1.165, 1.54) is 0 Å². The first-order valence-electron chi connectivity index (χ1n) is 10.2. The maximum Gasteiger partial charge on any atom is 0.431 e. The van der Waals surface area contributed by atoms with Crippen LogP contribution >= 0.6 is 0 Å². The maximum absolute atomic E-state index is 14.2. The topological polar surface area (TPSA) is 46.5 Å². The van der Waals surface area contributed by atoms with Gasteiger partial charge in [0.2, 0.25) is 0 Å². The van der Waals surface area contributed by atoms with Crippen molar-refractivity contribution in [1.82, 2.24) is 0 Å². The van der Waals surface area contributed by atoms with Gasteiger partial charge in [-0.1, -0.05) is 13.8 Å². The van der Waals surface area contributed by atoms with E-state index < -0.39 is 41.6 Å². The van der Waals surface area contributed by atoms with Gasteiger partial charge < -0.3 is 9.84 Å². The molecule has 3 nitrogen and oxygen atoms in total. The molecule has 4 bridgehead atoms. The van der Waals surface area contributed by atoms with Crippen LogP contribution in [0.4, 0.5) is 30.7 Å². The van der Waals surface area contributed by atoms with Crippen molar-refractivity contribution in [3.63, 3.8) is 0 Å². The van der Waals surface area contributed by atoms with Gasteiger partial charge in [-0.25, -0.2) is 9.18 Å². The highest BCUT2D eigenvalue weighted by atomic mass is 19.4. The predicted octanol–water partition coefficient (Wildman–Crippen LogP) is 5.35. The molecule has 1 atom stereocenters. The largest absolute Gasteiger partial charge is 0.456 e. The summed E-state index contributed by atoms with van der Waals surface area (Å²) in [5.74, 6) is -1.12. The first-order chi connectivity index (χ1) is 13.4. The van der Waals surface area contributed by atoms with Crippen molar-refractivity contribution in [1.29, 1.82) is 0 Å². The van der Waals surface area contributed by atoms with E-state index in [0.717, 1.165) is 32.1 Å². The third-order valence-corrected chi connectivity index (χ3v) is 7.51. The number of hydrogen-bond acceptors (Lipinski definition) is 3. The molecule has 0 saturated heterocycles. The predicted molar refractivity (Wildman–Crippen MR) is 91.9 cm³/mol. The van der Waals surface area contributed by atoms with E-state index >= 15 is 0 Å². The Morgan fingerprint density at radius 1 is 0.933 bits per heavy atom. The molecule has 4 aliphatic carbocycles. The molecule has 0 radical (unpaired) electrons. The average molecular weight is 448 g/mol. The summed E-state index contributed by atoms with van der Waals surface area (Å²) in [7, 11) is 0. The Morgan fingerprint density at radius 3 is 1.67 bits per heavy atom. The van der Waals surface area contributed by atoms with Gasteiger partial charge in [0.1, 0.15) is 5.60 Å². The zero-order valence-electron chi connectivity index (χ0n) is 17.0. The molecule has 0 spiro atoms. The van der Waals surface area contributed by atoms with E-state index in [4.69, 9.17) is 4.74 Å². The summed E-state index contributed by atoms with van der Waals surface area (Å²) in [5, 5.41) is 10.3. The third-order valence-electron chi connectivity index (χ3n) is 7.51. The molecule has 1 N–H and O–H groups in total. The number of hydrogen-bond donors (Lipinski definition) is 1. The molecule has 30 heavy (non-hydrogen) atoms. The third kappa shape index (κ3) is 3.50. The molecule has 0 heterocycles. The summed E-state index contributed by atoms with van der Waals surface area (Å²) in [6, 6.07) is 0. The lowest BCUT2D eigenvalue weighted by atomic mass is 9.47. The maximum atomic E-state index is 14.2. The molecule has 4 aliphatic rings. The SMILES string of the molecule is CC(C)C1(OC(=O)C(C)(O)CC(F)(C(F)(F)F)C(F)(F)F)C2CC3CC(C2)CC1C3. The van der Waals surface area contributed by atoms with Crippen LogP contribution in [-0.4, -0.2) is 40.3 Å². The van der Waals surface area contributed by atoms with Crippen LogP contribution in [-0.2, 0) is 9.53 Å².